The Morgan fingerprint density at radius 1 is 1.17 bits per heavy atom. The molecule has 0 radical (unpaired) electrons. The fraction of sp³-hybridized carbons (Fsp3) is 0.280. The third kappa shape index (κ3) is 6.86. The Morgan fingerprint density at radius 2 is 1.91 bits per heavy atom. The molecule has 0 spiro atoms. The van der Waals surface area contributed by atoms with E-state index in [1.807, 2.05) is 30.5 Å². The minimum atomic E-state index is -0.418. The molecule has 0 aliphatic carbocycles. The lowest BCUT2D eigenvalue weighted by molar-refractivity contribution is -0.113. The molecule has 0 aliphatic heterocycles. The van der Waals surface area contributed by atoms with E-state index in [0.717, 1.165) is 0 Å². The van der Waals surface area contributed by atoms with Crippen molar-refractivity contribution in [3.05, 3.63) is 72.6 Å². The van der Waals surface area contributed by atoms with Gasteiger partial charge in [0.05, 0.1) is 31.2 Å². The molecule has 10 heteroatoms. The summed E-state index contributed by atoms with van der Waals surface area (Å²) < 4.78 is 12.5. The van der Waals surface area contributed by atoms with E-state index in [0.29, 0.717) is 46.9 Å². The van der Waals surface area contributed by atoms with Crippen LogP contribution < -0.4 is 20.1 Å². The number of nitrogens with zero attached hydrogens (tertiary/aromatic N) is 3. The molecule has 1 atom stereocenters. The first kappa shape index (κ1) is 25.8. The largest absolute Gasteiger partial charge is 0.497 e. The predicted molar refractivity (Wildman–Crippen MR) is 136 cm³/mol. The second kappa shape index (κ2) is 12.6. The van der Waals surface area contributed by atoms with Gasteiger partial charge in [-0.15, -0.1) is 16.8 Å². The summed E-state index contributed by atoms with van der Waals surface area (Å²) in [5, 5.41) is 14.9. The summed E-state index contributed by atoms with van der Waals surface area (Å²) in [6, 6.07) is 13.7. The monoisotopic (exact) mass is 495 g/mol. The summed E-state index contributed by atoms with van der Waals surface area (Å²) in [5.41, 5.74) is 1.12. The zero-order chi connectivity index (χ0) is 25.2. The molecule has 184 valence electrons. The number of aromatic nitrogens is 3. The molecule has 35 heavy (non-hydrogen) atoms. The fourth-order valence-electron chi connectivity index (χ4n) is 3.28. The van der Waals surface area contributed by atoms with Gasteiger partial charge in [0.1, 0.15) is 11.5 Å². The minimum Gasteiger partial charge on any atom is -0.497 e. The van der Waals surface area contributed by atoms with E-state index in [2.05, 4.69) is 27.4 Å². The minimum absolute atomic E-state index is 0.127. The number of rotatable bonds is 12. The molecule has 0 aliphatic rings. The standard InChI is InChI=1S/C25H29N5O4S/c1-5-15-30-23(17(3)26-24(32)18-11-13-19(33-4)14-12-18)28-29-25(30)35-16-22(31)27-20-9-7-8-10-21(20)34-6-2/h5,7-14,17H,1,6,15-16H2,2-4H3,(H,26,32)(H,27,31)/t17-/m1/s1. The lowest BCUT2D eigenvalue weighted by Gasteiger charge is -2.15. The molecule has 2 amide bonds. The van der Waals surface area contributed by atoms with Crippen LogP contribution in [-0.2, 0) is 11.3 Å². The van der Waals surface area contributed by atoms with Gasteiger partial charge in [-0.3, -0.25) is 9.59 Å². The number of nitrogens with one attached hydrogen (secondary N) is 2. The zero-order valence-corrected chi connectivity index (χ0v) is 20.8. The Kier molecular flexibility index (Phi) is 9.31. The maximum absolute atomic E-state index is 12.7. The van der Waals surface area contributed by atoms with E-state index in [1.165, 1.54) is 11.8 Å². The molecule has 2 aromatic carbocycles. The smallest absolute Gasteiger partial charge is 0.251 e. The maximum atomic E-state index is 12.7. The van der Waals surface area contributed by atoms with Gasteiger partial charge < -0.3 is 24.7 Å². The van der Waals surface area contributed by atoms with Crippen molar-refractivity contribution >= 4 is 29.3 Å². The van der Waals surface area contributed by atoms with E-state index in [9.17, 15) is 9.59 Å². The first-order chi connectivity index (χ1) is 17.0. The SMILES string of the molecule is C=CCn1c(SCC(=O)Nc2ccccc2OCC)nnc1[C@@H](C)NC(=O)c1ccc(OC)cc1. The Hall–Kier alpha value is -3.79. The molecule has 3 rings (SSSR count). The molecule has 0 fully saturated rings. The van der Waals surface area contributed by atoms with Crippen LogP contribution in [0.5, 0.6) is 11.5 Å². The number of carbonyl (C=O) groups is 2. The van der Waals surface area contributed by atoms with E-state index < -0.39 is 6.04 Å². The van der Waals surface area contributed by atoms with E-state index in [-0.39, 0.29) is 17.6 Å². The van der Waals surface area contributed by atoms with Crippen molar-refractivity contribution in [1.82, 2.24) is 20.1 Å². The van der Waals surface area contributed by atoms with Gasteiger partial charge in [-0.2, -0.15) is 0 Å². The van der Waals surface area contributed by atoms with Crippen molar-refractivity contribution in [3.8, 4) is 11.5 Å². The summed E-state index contributed by atoms with van der Waals surface area (Å²) in [4.78, 5) is 25.2. The summed E-state index contributed by atoms with van der Waals surface area (Å²) >= 11 is 1.25. The fourth-order valence-corrected chi connectivity index (χ4v) is 4.04. The van der Waals surface area contributed by atoms with Crippen molar-refractivity contribution in [3.63, 3.8) is 0 Å². The number of anilines is 1. The van der Waals surface area contributed by atoms with Gasteiger partial charge in [-0.1, -0.05) is 30.0 Å². The molecule has 2 N–H and O–H groups in total. The molecule has 9 nitrogen and oxygen atoms in total. The van der Waals surface area contributed by atoms with E-state index >= 15 is 0 Å². The molecule has 3 aromatic rings. The number of para-hydroxylation sites is 2. The number of methoxy groups -OCH3 is 1. The van der Waals surface area contributed by atoms with Gasteiger partial charge in [0.25, 0.3) is 5.91 Å². The van der Waals surface area contributed by atoms with Crippen molar-refractivity contribution in [2.45, 2.75) is 31.6 Å². The third-order valence-corrected chi connectivity index (χ3v) is 5.90. The number of hydrogen-bond acceptors (Lipinski definition) is 7. The van der Waals surface area contributed by atoms with Crippen molar-refractivity contribution in [2.24, 2.45) is 0 Å². The van der Waals surface area contributed by atoms with Crippen LogP contribution in [0.15, 0.2) is 66.3 Å². The molecule has 1 aromatic heterocycles. The average molecular weight is 496 g/mol. The maximum Gasteiger partial charge on any atom is 0.251 e. The number of thioether (sulfide) groups is 1. The van der Waals surface area contributed by atoms with Crippen LogP contribution in [0.25, 0.3) is 0 Å². The summed E-state index contributed by atoms with van der Waals surface area (Å²) in [7, 11) is 1.57. The highest BCUT2D eigenvalue weighted by molar-refractivity contribution is 7.99. The van der Waals surface area contributed by atoms with Crippen LogP contribution in [0.3, 0.4) is 0 Å². The molecule has 1 heterocycles. The summed E-state index contributed by atoms with van der Waals surface area (Å²) in [6.45, 7) is 8.46. The van der Waals surface area contributed by atoms with Crippen LogP contribution in [0.2, 0.25) is 0 Å². The molecule has 0 saturated heterocycles. The van der Waals surface area contributed by atoms with Gasteiger partial charge in [-0.05, 0) is 50.2 Å². The first-order valence-electron chi connectivity index (χ1n) is 11.1. The molecule has 0 bridgehead atoms. The Morgan fingerprint density at radius 3 is 2.60 bits per heavy atom. The van der Waals surface area contributed by atoms with Crippen LogP contribution in [0.1, 0.15) is 36.1 Å². The highest BCUT2D eigenvalue weighted by Gasteiger charge is 2.20. The van der Waals surface area contributed by atoms with Crippen LogP contribution in [0, 0.1) is 0 Å². The zero-order valence-electron chi connectivity index (χ0n) is 20.0. The summed E-state index contributed by atoms with van der Waals surface area (Å²) in [6.07, 6.45) is 1.72. The van der Waals surface area contributed by atoms with Gasteiger partial charge >= 0.3 is 0 Å². The lowest BCUT2D eigenvalue weighted by atomic mass is 10.2. The molecule has 0 unspecified atom stereocenters. The second-order valence-corrected chi connectivity index (χ2v) is 8.37. The normalized spacial score (nSPS) is 11.4. The summed E-state index contributed by atoms with van der Waals surface area (Å²) in [5.74, 6) is 1.55. The number of hydrogen-bond donors (Lipinski definition) is 2. The lowest BCUT2D eigenvalue weighted by Crippen LogP contribution is -2.28. The van der Waals surface area contributed by atoms with Gasteiger partial charge in [0, 0.05) is 12.1 Å². The van der Waals surface area contributed by atoms with Crippen molar-refractivity contribution in [1.29, 1.82) is 0 Å². The number of amides is 2. The van der Waals surface area contributed by atoms with Crippen LogP contribution in [0.4, 0.5) is 5.69 Å². The Bertz CT molecular complexity index is 1160. The highest BCUT2D eigenvalue weighted by atomic mass is 32.2. The third-order valence-electron chi connectivity index (χ3n) is 4.94. The average Bonchev–Trinajstić information content (AvgIpc) is 3.27. The number of allylic oxidation sites excluding steroid dienone is 1. The second-order valence-electron chi connectivity index (χ2n) is 7.43. The van der Waals surface area contributed by atoms with Crippen LogP contribution in [-0.4, -0.2) is 46.0 Å². The Labute approximate surface area is 208 Å². The van der Waals surface area contributed by atoms with Gasteiger partial charge in [0.2, 0.25) is 5.91 Å². The quantitative estimate of drug-likeness (QED) is 0.288. The van der Waals surface area contributed by atoms with Crippen LogP contribution >= 0.6 is 11.8 Å². The van der Waals surface area contributed by atoms with E-state index in [4.69, 9.17) is 9.47 Å². The van der Waals surface area contributed by atoms with Crippen molar-refractivity contribution < 1.29 is 19.1 Å². The first-order valence-corrected chi connectivity index (χ1v) is 12.1. The van der Waals surface area contributed by atoms with E-state index in [1.54, 1.807) is 49.6 Å². The highest BCUT2D eigenvalue weighted by Crippen LogP contribution is 2.25. The molecular weight excluding hydrogens is 466 g/mol. The number of ether oxygens (including phenoxy) is 2. The molecule has 0 saturated carbocycles. The van der Waals surface area contributed by atoms with Gasteiger partial charge in [0.15, 0.2) is 11.0 Å². The van der Waals surface area contributed by atoms with Gasteiger partial charge in [-0.25, -0.2) is 0 Å². The number of benzene rings is 2. The topological polar surface area (TPSA) is 107 Å². The number of carbonyl (C=O) groups excluding carboxylic acids is 2. The van der Waals surface area contributed by atoms with Crippen molar-refractivity contribution in [2.75, 3.05) is 24.8 Å². The Balaban J connectivity index is 1.65. The predicted octanol–water partition coefficient (Wildman–Crippen LogP) is 4.09. The molecular formula is C25H29N5O4S.